The minimum atomic E-state index is -0.153. The standard InChI is InChI=1S/C16H28N4O2.HI/c1-17-15(20(3)12-14-6-5-9-19(14)2)18-13-16(21-4)7-10-22-11-8-16;/h5-6,9H,7-8,10-13H2,1-4H3,(H,17,18);1H. The highest BCUT2D eigenvalue weighted by molar-refractivity contribution is 14.0. The maximum absolute atomic E-state index is 5.76. The second-order valence-corrected chi connectivity index (χ2v) is 5.87. The smallest absolute Gasteiger partial charge is 0.193 e. The van der Waals surface area contributed by atoms with Gasteiger partial charge in [-0.2, -0.15) is 0 Å². The van der Waals surface area contributed by atoms with Gasteiger partial charge in [-0.1, -0.05) is 0 Å². The lowest BCUT2D eigenvalue weighted by molar-refractivity contribution is -0.0857. The molecule has 0 unspecified atom stereocenters. The number of aromatic nitrogens is 1. The van der Waals surface area contributed by atoms with Crippen molar-refractivity contribution in [1.82, 2.24) is 14.8 Å². The van der Waals surface area contributed by atoms with E-state index in [-0.39, 0.29) is 29.6 Å². The normalized spacial score (nSPS) is 17.5. The van der Waals surface area contributed by atoms with Crippen LogP contribution in [0.4, 0.5) is 0 Å². The van der Waals surface area contributed by atoms with E-state index in [4.69, 9.17) is 9.47 Å². The molecule has 23 heavy (non-hydrogen) atoms. The average molecular weight is 436 g/mol. The summed E-state index contributed by atoms with van der Waals surface area (Å²) in [5.74, 6) is 0.879. The van der Waals surface area contributed by atoms with E-state index < -0.39 is 0 Å². The maximum atomic E-state index is 5.76. The van der Waals surface area contributed by atoms with Crippen LogP contribution in [0.5, 0.6) is 0 Å². The Morgan fingerprint density at radius 2 is 2.17 bits per heavy atom. The molecule has 6 nitrogen and oxygen atoms in total. The number of hydrogen-bond acceptors (Lipinski definition) is 3. The largest absolute Gasteiger partial charge is 0.381 e. The van der Waals surface area contributed by atoms with E-state index in [1.54, 1.807) is 7.11 Å². The van der Waals surface area contributed by atoms with E-state index in [9.17, 15) is 0 Å². The van der Waals surface area contributed by atoms with Crippen LogP contribution in [0, 0.1) is 0 Å². The molecule has 2 heterocycles. The predicted molar refractivity (Wildman–Crippen MR) is 103 cm³/mol. The summed E-state index contributed by atoms with van der Waals surface area (Å²) >= 11 is 0. The fourth-order valence-corrected chi connectivity index (χ4v) is 2.80. The van der Waals surface area contributed by atoms with Crippen LogP contribution in [0.25, 0.3) is 0 Å². The number of rotatable bonds is 5. The molecule has 0 saturated carbocycles. The van der Waals surface area contributed by atoms with Crippen molar-refractivity contribution >= 4 is 29.9 Å². The number of halogens is 1. The van der Waals surface area contributed by atoms with Crippen LogP contribution in [0.1, 0.15) is 18.5 Å². The van der Waals surface area contributed by atoms with E-state index in [0.717, 1.165) is 45.1 Å². The molecular formula is C16H29IN4O2. The van der Waals surface area contributed by atoms with Crippen LogP contribution in [0.2, 0.25) is 0 Å². The summed E-state index contributed by atoms with van der Waals surface area (Å²) in [4.78, 5) is 6.51. The van der Waals surface area contributed by atoms with Gasteiger partial charge >= 0.3 is 0 Å². The van der Waals surface area contributed by atoms with Crippen molar-refractivity contribution in [3.8, 4) is 0 Å². The highest BCUT2D eigenvalue weighted by Crippen LogP contribution is 2.23. The van der Waals surface area contributed by atoms with Crippen molar-refractivity contribution in [2.75, 3.05) is 41.0 Å². The van der Waals surface area contributed by atoms with Crippen molar-refractivity contribution in [2.24, 2.45) is 12.0 Å². The van der Waals surface area contributed by atoms with Gasteiger partial charge in [-0.15, -0.1) is 24.0 Å². The second kappa shape index (κ2) is 9.48. The Morgan fingerprint density at radius 3 is 2.70 bits per heavy atom. The first kappa shape index (κ1) is 20.2. The Hall–Kier alpha value is -0.800. The molecule has 1 aromatic rings. The summed E-state index contributed by atoms with van der Waals surface area (Å²) in [6, 6.07) is 4.18. The molecule has 1 aliphatic rings. The summed E-state index contributed by atoms with van der Waals surface area (Å²) in [5, 5.41) is 3.45. The first-order valence-electron chi connectivity index (χ1n) is 7.75. The van der Waals surface area contributed by atoms with Crippen LogP contribution < -0.4 is 5.32 Å². The molecule has 1 saturated heterocycles. The van der Waals surface area contributed by atoms with Crippen molar-refractivity contribution < 1.29 is 9.47 Å². The van der Waals surface area contributed by atoms with Gasteiger partial charge in [-0.25, -0.2) is 0 Å². The molecule has 2 rings (SSSR count). The molecule has 1 N–H and O–H groups in total. The number of methoxy groups -OCH3 is 1. The summed E-state index contributed by atoms with van der Waals surface area (Å²) in [7, 11) is 7.70. The number of nitrogens with one attached hydrogen (secondary N) is 1. The van der Waals surface area contributed by atoms with Crippen LogP contribution in [0.3, 0.4) is 0 Å². The summed E-state index contributed by atoms with van der Waals surface area (Å²) in [6.45, 7) is 3.07. The lowest BCUT2D eigenvalue weighted by Crippen LogP contribution is -2.51. The highest BCUT2D eigenvalue weighted by atomic mass is 127. The Balaban J connectivity index is 0.00000264. The Kier molecular flexibility index (Phi) is 8.35. The molecule has 132 valence electrons. The van der Waals surface area contributed by atoms with Crippen LogP contribution in [0.15, 0.2) is 23.3 Å². The van der Waals surface area contributed by atoms with Gasteiger partial charge in [0.15, 0.2) is 5.96 Å². The van der Waals surface area contributed by atoms with Crippen LogP contribution in [-0.2, 0) is 23.1 Å². The molecule has 7 heteroatoms. The van der Waals surface area contributed by atoms with Gasteiger partial charge < -0.3 is 24.3 Å². The van der Waals surface area contributed by atoms with Crippen molar-refractivity contribution in [3.63, 3.8) is 0 Å². The number of ether oxygens (including phenoxy) is 2. The zero-order chi connectivity index (χ0) is 16.0. The third kappa shape index (κ3) is 5.36. The Bertz CT molecular complexity index is 498. The molecule has 1 fully saturated rings. The van der Waals surface area contributed by atoms with E-state index in [0.29, 0.717) is 0 Å². The molecule has 0 aromatic carbocycles. The number of guanidine groups is 1. The fourth-order valence-electron chi connectivity index (χ4n) is 2.80. The average Bonchev–Trinajstić information content (AvgIpc) is 2.94. The molecule has 1 aromatic heterocycles. The molecule has 0 radical (unpaired) electrons. The lowest BCUT2D eigenvalue weighted by Gasteiger charge is -2.37. The number of aliphatic imine (C=N–C) groups is 1. The van der Waals surface area contributed by atoms with E-state index >= 15 is 0 Å². The van der Waals surface area contributed by atoms with Crippen molar-refractivity contribution in [3.05, 3.63) is 24.0 Å². The number of aryl methyl sites for hydroxylation is 1. The molecular weight excluding hydrogens is 407 g/mol. The fraction of sp³-hybridized carbons (Fsp3) is 0.688. The molecule has 0 amide bonds. The van der Waals surface area contributed by atoms with E-state index in [1.165, 1.54) is 5.69 Å². The van der Waals surface area contributed by atoms with E-state index in [2.05, 4.69) is 45.2 Å². The summed E-state index contributed by atoms with van der Waals surface area (Å²) in [6.07, 6.45) is 3.88. The minimum Gasteiger partial charge on any atom is -0.381 e. The van der Waals surface area contributed by atoms with Gasteiger partial charge in [-0.3, -0.25) is 4.99 Å². The predicted octanol–water partition coefficient (Wildman–Crippen LogP) is 1.85. The van der Waals surface area contributed by atoms with E-state index in [1.807, 2.05) is 14.1 Å². The molecule has 0 aliphatic carbocycles. The first-order valence-corrected chi connectivity index (χ1v) is 7.75. The lowest BCUT2D eigenvalue weighted by atomic mass is 9.94. The quantitative estimate of drug-likeness (QED) is 0.435. The van der Waals surface area contributed by atoms with Crippen molar-refractivity contribution in [1.29, 1.82) is 0 Å². The Morgan fingerprint density at radius 1 is 1.48 bits per heavy atom. The number of hydrogen-bond donors (Lipinski definition) is 1. The summed E-state index contributed by atoms with van der Waals surface area (Å²) < 4.78 is 13.3. The van der Waals surface area contributed by atoms with Gasteiger partial charge in [0.2, 0.25) is 0 Å². The third-order valence-electron chi connectivity index (χ3n) is 4.43. The van der Waals surface area contributed by atoms with Crippen molar-refractivity contribution in [2.45, 2.75) is 25.0 Å². The third-order valence-corrected chi connectivity index (χ3v) is 4.43. The zero-order valence-corrected chi connectivity index (χ0v) is 16.9. The molecule has 1 aliphatic heterocycles. The monoisotopic (exact) mass is 436 g/mol. The zero-order valence-electron chi connectivity index (χ0n) is 14.5. The Labute approximate surface area is 156 Å². The molecule has 0 spiro atoms. The van der Waals surface area contributed by atoms with Gasteiger partial charge in [0.25, 0.3) is 0 Å². The van der Waals surface area contributed by atoms with Gasteiger partial charge in [-0.05, 0) is 12.1 Å². The number of nitrogens with zero attached hydrogens (tertiary/aromatic N) is 3. The summed E-state index contributed by atoms with van der Waals surface area (Å²) in [5.41, 5.74) is 1.10. The van der Waals surface area contributed by atoms with Crippen LogP contribution in [-0.4, -0.2) is 62.0 Å². The van der Waals surface area contributed by atoms with Gasteiger partial charge in [0, 0.05) is 72.7 Å². The van der Waals surface area contributed by atoms with Gasteiger partial charge in [0.05, 0.1) is 12.1 Å². The minimum absolute atomic E-state index is 0. The van der Waals surface area contributed by atoms with Crippen LogP contribution >= 0.6 is 24.0 Å². The molecule has 0 bridgehead atoms. The highest BCUT2D eigenvalue weighted by Gasteiger charge is 2.32. The topological polar surface area (TPSA) is 51.0 Å². The SMILES string of the molecule is CN=C(NCC1(OC)CCOCC1)N(C)Cc1cccn1C.I. The van der Waals surface area contributed by atoms with Gasteiger partial charge in [0.1, 0.15) is 0 Å². The molecule has 0 atom stereocenters. The second-order valence-electron chi connectivity index (χ2n) is 5.87. The maximum Gasteiger partial charge on any atom is 0.193 e. The first-order chi connectivity index (χ1) is 10.6.